The Labute approximate surface area is 389 Å². The van der Waals surface area contributed by atoms with E-state index in [0.717, 1.165) is 44.1 Å². The fraction of sp³-hybridized carbons (Fsp3) is 0.959. The molecule has 4 aliphatic carbocycles. The van der Waals surface area contributed by atoms with Crippen molar-refractivity contribution in [2.24, 2.45) is 51.2 Å². The van der Waals surface area contributed by atoms with Gasteiger partial charge in [-0.1, -0.05) is 39.3 Å². The van der Waals surface area contributed by atoms with Gasteiger partial charge < -0.3 is 83.9 Å². The zero-order valence-corrected chi connectivity index (χ0v) is 40.1. The summed E-state index contributed by atoms with van der Waals surface area (Å²) in [6, 6.07) is 0. The number of aliphatic hydroxyl groups excluding tert-OH is 8. The SMILES string of the molecule is CC(C)=CC1CC(C)(O)C2C3CCC4C5(C)CCC(OC6OCC(O)C(COCC7OC(CO)C(O)C(O)C7O)C6OC6OC(C)C(O)C(O)C6O)C(C)(C)C5CCC4(C)C34COC2(C4)O1. The van der Waals surface area contributed by atoms with Gasteiger partial charge in [-0.15, -0.1) is 0 Å². The van der Waals surface area contributed by atoms with Crippen LogP contribution in [0.2, 0.25) is 0 Å². The molecule has 9 fully saturated rings. The van der Waals surface area contributed by atoms with Crippen LogP contribution >= 0.6 is 0 Å². The highest BCUT2D eigenvalue weighted by Gasteiger charge is 2.81. The number of allylic oxidation sites excluding steroid dienone is 1. The van der Waals surface area contributed by atoms with Crippen LogP contribution in [0, 0.1) is 51.2 Å². The summed E-state index contributed by atoms with van der Waals surface area (Å²) in [6.45, 7) is 16.7. The van der Waals surface area contributed by atoms with Crippen LogP contribution in [0.25, 0.3) is 0 Å². The van der Waals surface area contributed by atoms with E-state index in [1.54, 1.807) is 6.92 Å². The molecule has 9 aliphatic rings. The monoisotopic (exact) mass is 941 g/mol. The average Bonchev–Trinajstić information content (AvgIpc) is 3.77. The minimum atomic E-state index is -1.65. The van der Waals surface area contributed by atoms with Gasteiger partial charge in [-0.3, -0.25) is 0 Å². The van der Waals surface area contributed by atoms with Crippen LogP contribution in [-0.2, 0) is 37.9 Å². The number of hydrogen-bond acceptors (Lipinski definition) is 17. The highest BCUT2D eigenvalue weighted by molar-refractivity contribution is 5.26. The first-order valence-corrected chi connectivity index (χ1v) is 24.8. The second kappa shape index (κ2) is 17.7. The maximum Gasteiger partial charge on any atom is 0.187 e. The third-order valence-electron chi connectivity index (χ3n) is 19.4. The van der Waals surface area contributed by atoms with E-state index in [9.17, 15) is 46.0 Å². The fourth-order valence-corrected chi connectivity index (χ4v) is 16.2. The summed E-state index contributed by atoms with van der Waals surface area (Å²) < 4.78 is 51.2. The van der Waals surface area contributed by atoms with E-state index >= 15 is 0 Å². The molecule has 0 amide bonds. The molecular formula is C49H80O17. The van der Waals surface area contributed by atoms with Crippen LogP contribution < -0.4 is 0 Å². The number of fused-ring (bicyclic) bond motifs is 4. The summed E-state index contributed by atoms with van der Waals surface area (Å²) in [6.07, 6.45) is -8.53. The van der Waals surface area contributed by atoms with Crippen molar-refractivity contribution in [2.75, 3.05) is 33.0 Å². The van der Waals surface area contributed by atoms with Crippen molar-refractivity contribution >= 4 is 0 Å². The molecule has 66 heavy (non-hydrogen) atoms. The lowest BCUT2D eigenvalue weighted by Gasteiger charge is -2.70. The summed E-state index contributed by atoms with van der Waals surface area (Å²) in [7, 11) is 0. The second-order valence-corrected chi connectivity index (χ2v) is 23.7. The lowest BCUT2D eigenvalue weighted by atomic mass is 9.35. The Morgan fingerprint density at radius 3 is 2.18 bits per heavy atom. The molecule has 0 aromatic heterocycles. The number of ether oxygens (including phenoxy) is 8. The highest BCUT2D eigenvalue weighted by Crippen LogP contribution is 2.80. The Morgan fingerprint density at radius 2 is 1.47 bits per heavy atom. The van der Waals surface area contributed by atoms with Gasteiger partial charge in [0.1, 0.15) is 54.9 Å². The largest absolute Gasteiger partial charge is 0.394 e. The van der Waals surface area contributed by atoms with Gasteiger partial charge in [-0.05, 0) is 100 Å². The van der Waals surface area contributed by atoms with Gasteiger partial charge in [0.2, 0.25) is 0 Å². The van der Waals surface area contributed by atoms with E-state index in [0.29, 0.717) is 31.3 Å². The summed E-state index contributed by atoms with van der Waals surface area (Å²) in [5.41, 5.74) is -0.323. The maximum atomic E-state index is 12.2. The first-order valence-electron chi connectivity index (χ1n) is 24.8. The third kappa shape index (κ3) is 7.75. The van der Waals surface area contributed by atoms with Crippen molar-refractivity contribution in [2.45, 2.75) is 210 Å². The second-order valence-electron chi connectivity index (χ2n) is 23.7. The molecule has 17 nitrogen and oxygen atoms in total. The standard InChI is InChI=1S/C49H80O17/c1-23(2)15-25-16-47(8,58)41-27-9-10-32-45(6)13-12-33(44(4,5)31(45)11-14-46(32,7)48(27)21-49(41,66-25)61-22-48)64-43-40(65-42-39(57)37(55)34(52)24(3)62-42)26(28(51)19-60-43)18-59-20-30-36(54)38(56)35(53)29(17-50)63-30/h15,24-43,50-58H,9-14,16-22H2,1-8H3. The molecule has 25 atom stereocenters. The number of aliphatic hydroxyl groups is 9. The third-order valence-corrected chi connectivity index (χ3v) is 19.4. The van der Waals surface area contributed by atoms with Gasteiger partial charge in [0.05, 0.1) is 63.1 Å². The van der Waals surface area contributed by atoms with Crippen molar-refractivity contribution in [3.8, 4) is 0 Å². The van der Waals surface area contributed by atoms with E-state index < -0.39 is 104 Å². The fourth-order valence-electron chi connectivity index (χ4n) is 16.2. The molecular weight excluding hydrogens is 861 g/mol. The summed E-state index contributed by atoms with van der Waals surface area (Å²) in [5, 5.41) is 97.1. The molecule has 0 aromatic rings. The summed E-state index contributed by atoms with van der Waals surface area (Å²) in [4.78, 5) is 0. The summed E-state index contributed by atoms with van der Waals surface area (Å²) >= 11 is 0. The Kier molecular flexibility index (Phi) is 13.4. The minimum absolute atomic E-state index is 0.0406. The molecule has 5 saturated heterocycles. The number of hydrogen-bond donors (Lipinski definition) is 9. The molecule has 4 saturated carbocycles. The predicted molar refractivity (Wildman–Crippen MR) is 233 cm³/mol. The molecule has 17 heteroatoms. The van der Waals surface area contributed by atoms with E-state index in [-0.39, 0.29) is 65.5 Å². The van der Waals surface area contributed by atoms with Gasteiger partial charge in [0.25, 0.3) is 0 Å². The lowest BCUT2D eigenvalue weighted by molar-refractivity contribution is -0.363. The van der Waals surface area contributed by atoms with E-state index in [1.165, 1.54) is 0 Å². The molecule has 0 radical (unpaired) electrons. The minimum Gasteiger partial charge on any atom is -0.394 e. The molecule has 2 spiro atoms. The number of rotatable bonds is 10. The van der Waals surface area contributed by atoms with Gasteiger partial charge in [0.15, 0.2) is 18.4 Å². The van der Waals surface area contributed by atoms with Crippen molar-refractivity contribution in [3.63, 3.8) is 0 Å². The van der Waals surface area contributed by atoms with Gasteiger partial charge >= 0.3 is 0 Å². The normalized spacial score (nSPS) is 56.4. The van der Waals surface area contributed by atoms with Crippen molar-refractivity contribution in [3.05, 3.63) is 11.6 Å². The van der Waals surface area contributed by atoms with Crippen LogP contribution in [0.15, 0.2) is 11.6 Å². The molecule has 9 rings (SSSR count). The Bertz CT molecular complexity index is 1780. The summed E-state index contributed by atoms with van der Waals surface area (Å²) in [5.74, 6) is -0.788. The van der Waals surface area contributed by atoms with Gasteiger partial charge in [-0.25, -0.2) is 0 Å². The van der Waals surface area contributed by atoms with E-state index in [4.69, 9.17) is 37.9 Å². The lowest BCUT2D eigenvalue weighted by Crippen LogP contribution is -2.67. The average molecular weight is 941 g/mol. The Morgan fingerprint density at radius 1 is 0.758 bits per heavy atom. The smallest absolute Gasteiger partial charge is 0.187 e. The highest BCUT2D eigenvalue weighted by atomic mass is 16.8. The molecule has 5 aliphatic heterocycles. The quantitative estimate of drug-likeness (QED) is 0.111. The molecule has 2 bridgehead atoms. The van der Waals surface area contributed by atoms with Crippen LogP contribution in [0.4, 0.5) is 0 Å². The molecule has 378 valence electrons. The first kappa shape index (κ1) is 50.0. The van der Waals surface area contributed by atoms with Crippen LogP contribution in [0.1, 0.15) is 107 Å². The van der Waals surface area contributed by atoms with Crippen molar-refractivity contribution < 1.29 is 83.9 Å². The van der Waals surface area contributed by atoms with Crippen molar-refractivity contribution in [1.29, 1.82) is 0 Å². The maximum absolute atomic E-state index is 12.2. The van der Waals surface area contributed by atoms with E-state index in [1.807, 2.05) is 6.92 Å². The van der Waals surface area contributed by atoms with Crippen LogP contribution in [0.5, 0.6) is 0 Å². The zero-order chi connectivity index (χ0) is 47.7. The zero-order valence-electron chi connectivity index (χ0n) is 40.1. The topological polar surface area (TPSA) is 256 Å². The Balaban J connectivity index is 0.942. The van der Waals surface area contributed by atoms with Gasteiger partial charge in [0, 0.05) is 30.1 Å². The molecule has 5 heterocycles. The van der Waals surface area contributed by atoms with Crippen LogP contribution in [-0.4, -0.2) is 182 Å². The molecule has 25 unspecified atom stereocenters. The van der Waals surface area contributed by atoms with Gasteiger partial charge in [-0.2, -0.15) is 0 Å². The Hall–Kier alpha value is -0.940. The van der Waals surface area contributed by atoms with Crippen LogP contribution in [0.3, 0.4) is 0 Å². The van der Waals surface area contributed by atoms with E-state index in [2.05, 4.69) is 47.6 Å². The predicted octanol–water partition coefficient (Wildman–Crippen LogP) is 1.28. The first-order chi connectivity index (χ1) is 30.9. The molecule has 0 aromatic carbocycles. The van der Waals surface area contributed by atoms with Crippen molar-refractivity contribution in [1.82, 2.24) is 0 Å². The molecule has 9 N–H and O–H groups in total.